The molecule has 0 amide bonds. The number of piperidine rings is 1. The fourth-order valence-corrected chi connectivity index (χ4v) is 2.50. The minimum atomic E-state index is 0.417. The van der Waals surface area contributed by atoms with E-state index in [9.17, 15) is 0 Å². The molecule has 104 valence electrons. The highest BCUT2D eigenvalue weighted by atomic mass is 15.1. The van der Waals surface area contributed by atoms with Crippen molar-refractivity contribution in [3.05, 3.63) is 36.7 Å². The summed E-state index contributed by atoms with van der Waals surface area (Å²) < 4.78 is 0. The van der Waals surface area contributed by atoms with Crippen molar-refractivity contribution in [2.24, 2.45) is 0 Å². The van der Waals surface area contributed by atoms with Gasteiger partial charge >= 0.3 is 0 Å². The third kappa shape index (κ3) is 2.99. The van der Waals surface area contributed by atoms with Gasteiger partial charge in [-0.2, -0.15) is 0 Å². The van der Waals surface area contributed by atoms with Gasteiger partial charge in [0.1, 0.15) is 5.82 Å². The number of anilines is 4. The van der Waals surface area contributed by atoms with Gasteiger partial charge in [0.2, 0.25) is 0 Å². The van der Waals surface area contributed by atoms with Gasteiger partial charge in [-0.1, -0.05) is 0 Å². The summed E-state index contributed by atoms with van der Waals surface area (Å²) in [6.07, 6.45) is 7.13. The highest BCUT2D eigenvalue weighted by molar-refractivity contribution is 5.61. The van der Waals surface area contributed by atoms with E-state index in [4.69, 9.17) is 5.73 Å². The fourth-order valence-electron chi connectivity index (χ4n) is 2.50. The maximum absolute atomic E-state index is 5.61. The Morgan fingerprint density at radius 1 is 1.00 bits per heavy atom. The molecule has 0 radical (unpaired) electrons. The van der Waals surface area contributed by atoms with Gasteiger partial charge in [0.05, 0.1) is 12.4 Å². The smallest absolute Gasteiger partial charge is 0.151 e. The molecule has 0 bridgehead atoms. The minimum Gasteiger partial charge on any atom is -0.382 e. The van der Waals surface area contributed by atoms with Crippen LogP contribution >= 0.6 is 0 Å². The summed E-state index contributed by atoms with van der Waals surface area (Å²) in [5.74, 6) is 1.08. The minimum absolute atomic E-state index is 0.417. The molecule has 3 N–H and O–H groups in total. The Kier molecular flexibility index (Phi) is 3.67. The molecular weight excluding hydrogens is 250 g/mol. The number of hydrogen-bond acceptors (Lipinski definition) is 5. The van der Waals surface area contributed by atoms with Crippen LogP contribution in [0.15, 0.2) is 36.7 Å². The number of aromatic nitrogens is 2. The van der Waals surface area contributed by atoms with Crippen molar-refractivity contribution in [3.63, 3.8) is 0 Å². The van der Waals surface area contributed by atoms with E-state index in [1.807, 2.05) is 0 Å². The summed E-state index contributed by atoms with van der Waals surface area (Å²) in [5, 5.41) is 3.20. The number of rotatable bonds is 3. The molecule has 5 nitrogen and oxygen atoms in total. The number of nitrogens with two attached hydrogens (primary N) is 1. The van der Waals surface area contributed by atoms with Gasteiger partial charge in [0, 0.05) is 24.5 Å². The molecule has 5 heteroatoms. The summed E-state index contributed by atoms with van der Waals surface area (Å²) in [4.78, 5) is 10.6. The summed E-state index contributed by atoms with van der Waals surface area (Å²) in [6.45, 7) is 2.32. The van der Waals surface area contributed by atoms with Crippen LogP contribution in [-0.4, -0.2) is 23.1 Å². The van der Waals surface area contributed by atoms with Crippen LogP contribution in [0.4, 0.5) is 23.0 Å². The molecule has 0 spiro atoms. The summed E-state index contributed by atoms with van der Waals surface area (Å²) in [5.41, 5.74) is 7.89. The summed E-state index contributed by atoms with van der Waals surface area (Å²) in [6, 6.07) is 8.42. The van der Waals surface area contributed by atoms with Crippen LogP contribution in [0.5, 0.6) is 0 Å². The van der Waals surface area contributed by atoms with E-state index in [2.05, 4.69) is 44.5 Å². The Hall–Kier alpha value is -2.30. The first kappa shape index (κ1) is 12.7. The standard InChI is InChI=1S/C15H19N5/c16-14-10-17-11-15(19-14)18-12-4-6-13(7-5-12)20-8-2-1-3-9-20/h4-7,10-11H,1-3,8-9H2,(H3,16,18,19). The van der Waals surface area contributed by atoms with Crippen molar-refractivity contribution >= 4 is 23.0 Å². The van der Waals surface area contributed by atoms with Crippen molar-refractivity contribution in [2.45, 2.75) is 19.3 Å². The zero-order chi connectivity index (χ0) is 13.8. The lowest BCUT2D eigenvalue weighted by Gasteiger charge is -2.28. The van der Waals surface area contributed by atoms with Gasteiger partial charge in [-0.15, -0.1) is 0 Å². The molecule has 1 fully saturated rings. The van der Waals surface area contributed by atoms with Crippen LogP contribution in [-0.2, 0) is 0 Å². The Labute approximate surface area is 118 Å². The third-order valence-electron chi connectivity index (χ3n) is 3.51. The van der Waals surface area contributed by atoms with Gasteiger partial charge in [-0.05, 0) is 43.5 Å². The van der Waals surface area contributed by atoms with Crippen LogP contribution in [0.3, 0.4) is 0 Å². The predicted octanol–water partition coefficient (Wildman–Crippen LogP) is 2.79. The van der Waals surface area contributed by atoms with Crippen molar-refractivity contribution in [2.75, 3.05) is 29.0 Å². The van der Waals surface area contributed by atoms with E-state index in [0.29, 0.717) is 11.6 Å². The lowest BCUT2D eigenvalue weighted by Crippen LogP contribution is -2.29. The third-order valence-corrected chi connectivity index (χ3v) is 3.51. The summed E-state index contributed by atoms with van der Waals surface area (Å²) in [7, 11) is 0. The molecule has 1 aliphatic rings. The monoisotopic (exact) mass is 269 g/mol. The van der Waals surface area contributed by atoms with Crippen LogP contribution in [0.1, 0.15) is 19.3 Å². The van der Waals surface area contributed by atoms with Gasteiger partial charge in [-0.25, -0.2) is 4.98 Å². The van der Waals surface area contributed by atoms with Crippen molar-refractivity contribution in [1.29, 1.82) is 0 Å². The molecule has 1 aromatic carbocycles. The zero-order valence-corrected chi connectivity index (χ0v) is 11.4. The fraction of sp³-hybridized carbons (Fsp3) is 0.333. The van der Waals surface area contributed by atoms with E-state index in [0.717, 1.165) is 18.8 Å². The van der Waals surface area contributed by atoms with Gasteiger partial charge in [0.25, 0.3) is 0 Å². The number of benzene rings is 1. The molecule has 0 aliphatic carbocycles. The molecule has 3 rings (SSSR count). The van der Waals surface area contributed by atoms with E-state index in [1.54, 1.807) is 6.20 Å². The lowest BCUT2D eigenvalue weighted by molar-refractivity contribution is 0.578. The average molecular weight is 269 g/mol. The number of nitrogen functional groups attached to an aromatic ring is 1. The van der Waals surface area contributed by atoms with Crippen molar-refractivity contribution in [3.8, 4) is 0 Å². The maximum atomic E-state index is 5.61. The first-order valence-corrected chi connectivity index (χ1v) is 7.01. The summed E-state index contributed by atoms with van der Waals surface area (Å²) >= 11 is 0. The maximum Gasteiger partial charge on any atom is 0.151 e. The highest BCUT2D eigenvalue weighted by Crippen LogP contribution is 2.23. The normalized spacial score (nSPS) is 15.1. The molecule has 1 saturated heterocycles. The second kappa shape index (κ2) is 5.77. The predicted molar refractivity (Wildman–Crippen MR) is 82.2 cm³/mol. The Balaban J connectivity index is 1.69. The average Bonchev–Trinajstić information content (AvgIpc) is 2.49. The number of nitrogens with zero attached hydrogens (tertiary/aromatic N) is 3. The number of nitrogens with one attached hydrogen (secondary N) is 1. The molecule has 0 unspecified atom stereocenters. The molecular formula is C15H19N5. The van der Waals surface area contributed by atoms with E-state index < -0.39 is 0 Å². The lowest BCUT2D eigenvalue weighted by atomic mass is 10.1. The first-order valence-electron chi connectivity index (χ1n) is 7.01. The molecule has 2 heterocycles. The SMILES string of the molecule is Nc1cncc(Nc2ccc(N3CCCCC3)cc2)n1. The first-order chi connectivity index (χ1) is 9.81. The Bertz CT molecular complexity index is 561. The second-order valence-corrected chi connectivity index (χ2v) is 5.05. The molecule has 1 aromatic heterocycles. The molecule has 1 aliphatic heterocycles. The largest absolute Gasteiger partial charge is 0.382 e. The Morgan fingerprint density at radius 2 is 1.75 bits per heavy atom. The molecule has 2 aromatic rings. The highest BCUT2D eigenvalue weighted by Gasteiger charge is 2.10. The van der Waals surface area contributed by atoms with Crippen LogP contribution in [0.2, 0.25) is 0 Å². The molecule has 0 saturated carbocycles. The molecule has 20 heavy (non-hydrogen) atoms. The van der Waals surface area contributed by atoms with E-state index >= 15 is 0 Å². The number of hydrogen-bond donors (Lipinski definition) is 2. The molecule has 0 atom stereocenters. The van der Waals surface area contributed by atoms with Crippen molar-refractivity contribution < 1.29 is 0 Å². The quantitative estimate of drug-likeness (QED) is 0.896. The van der Waals surface area contributed by atoms with E-state index in [1.165, 1.54) is 31.1 Å². The topological polar surface area (TPSA) is 67.1 Å². The zero-order valence-electron chi connectivity index (χ0n) is 11.4. The van der Waals surface area contributed by atoms with Gasteiger partial charge in [0.15, 0.2) is 5.82 Å². The van der Waals surface area contributed by atoms with Crippen LogP contribution in [0, 0.1) is 0 Å². The van der Waals surface area contributed by atoms with E-state index in [-0.39, 0.29) is 0 Å². The van der Waals surface area contributed by atoms with Gasteiger partial charge in [-0.3, -0.25) is 4.98 Å². The Morgan fingerprint density at radius 3 is 2.45 bits per heavy atom. The van der Waals surface area contributed by atoms with Crippen molar-refractivity contribution in [1.82, 2.24) is 9.97 Å². The second-order valence-electron chi connectivity index (χ2n) is 5.05. The van der Waals surface area contributed by atoms with Gasteiger partial charge < -0.3 is 16.0 Å². The van der Waals surface area contributed by atoms with Crippen LogP contribution < -0.4 is 16.0 Å². The van der Waals surface area contributed by atoms with Crippen LogP contribution in [0.25, 0.3) is 0 Å².